The fourth-order valence-corrected chi connectivity index (χ4v) is 5.13. The van der Waals surface area contributed by atoms with Crippen LogP contribution in [0.15, 0.2) is 70.3 Å². The van der Waals surface area contributed by atoms with E-state index >= 15 is 0 Å². The number of carbonyl (C=O) groups is 2. The largest absolute Gasteiger partial charge is 0.366 e. The number of nitrogens with zero attached hydrogens (tertiary/aromatic N) is 1. The maximum absolute atomic E-state index is 14.4. The summed E-state index contributed by atoms with van der Waals surface area (Å²) >= 11 is 0.951. The predicted octanol–water partition coefficient (Wildman–Crippen LogP) is 2.82. The first-order valence-corrected chi connectivity index (χ1v) is 10.6. The Morgan fingerprint density at radius 1 is 1.03 bits per heavy atom. The topological polar surface area (TPSA) is 110 Å². The van der Waals surface area contributed by atoms with Crippen molar-refractivity contribution in [1.82, 2.24) is 0 Å². The van der Waals surface area contributed by atoms with Crippen molar-refractivity contribution in [3.05, 3.63) is 77.4 Å². The summed E-state index contributed by atoms with van der Waals surface area (Å²) in [5, 5.41) is 4.03. The number of thiophene rings is 1. The molecule has 150 valence electrons. The van der Waals surface area contributed by atoms with E-state index in [1.54, 1.807) is 23.6 Å². The molecule has 0 saturated carbocycles. The Balaban J connectivity index is 1.95. The third-order valence-electron chi connectivity index (χ3n) is 3.91. The van der Waals surface area contributed by atoms with Crippen LogP contribution in [0.1, 0.15) is 10.4 Å². The Morgan fingerprint density at radius 3 is 2.38 bits per heavy atom. The van der Waals surface area contributed by atoms with E-state index in [4.69, 9.17) is 5.73 Å². The van der Waals surface area contributed by atoms with Gasteiger partial charge in [-0.2, -0.15) is 0 Å². The number of hydrogen-bond acceptors (Lipinski definition) is 5. The number of nitrogens with two attached hydrogens (primary N) is 1. The molecular weight excluding hydrogens is 417 g/mol. The number of nitrogens with one attached hydrogen (secondary N) is 1. The van der Waals surface area contributed by atoms with Crippen LogP contribution in [0.2, 0.25) is 0 Å². The van der Waals surface area contributed by atoms with Crippen LogP contribution in [-0.4, -0.2) is 26.8 Å². The Bertz CT molecular complexity index is 1150. The molecule has 0 saturated heterocycles. The van der Waals surface area contributed by atoms with E-state index in [2.05, 4.69) is 5.32 Å². The molecule has 2 aromatic carbocycles. The molecule has 3 rings (SSSR count). The van der Waals surface area contributed by atoms with Gasteiger partial charge in [0.2, 0.25) is 5.91 Å². The summed E-state index contributed by atoms with van der Waals surface area (Å²) in [4.78, 5) is 24.1. The lowest BCUT2D eigenvalue weighted by molar-refractivity contribution is -0.114. The Kier molecular flexibility index (Phi) is 5.95. The van der Waals surface area contributed by atoms with Gasteiger partial charge in [-0.1, -0.05) is 30.3 Å². The number of hydrogen-bond donors (Lipinski definition) is 2. The van der Waals surface area contributed by atoms with Crippen LogP contribution < -0.4 is 15.4 Å². The van der Waals surface area contributed by atoms with E-state index < -0.39 is 34.2 Å². The minimum Gasteiger partial charge on any atom is -0.366 e. The van der Waals surface area contributed by atoms with Gasteiger partial charge >= 0.3 is 0 Å². The minimum atomic E-state index is -4.19. The van der Waals surface area contributed by atoms with Gasteiger partial charge in [0.05, 0.1) is 16.9 Å². The lowest BCUT2D eigenvalue weighted by Gasteiger charge is -2.23. The SMILES string of the molecule is NC(=O)c1ccccc1NC(=O)CN(c1ccccc1F)S(=O)(=O)c1cccs1. The highest BCUT2D eigenvalue weighted by molar-refractivity contribution is 7.94. The summed E-state index contributed by atoms with van der Waals surface area (Å²) < 4.78 is 41.1. The first-order valence-electron chi connectivity index (χ1n) is 8.30. The van der Waals surface area contributed by atoms with Crippen LogP contribution >= 0.6 is 11.3 Å². The van der Waals surface area contributed by atoms with Crippen LogP contribution in [-0.2, 0) is 14.8 Å². The highest BCUT2D eigenvalue weighted by Crippen LogP contribution is 2.28. The lowest BCUT2D eigenvalue weighted by Crippen LogP contribution is -2.38. The number of halogens is 1. The first-order chi connectivity index (χ1) is 13.8. The third kappa shape index (κ3) is 4.44. The zero-order valence-corrected chi connectivity index (χ0v) is 16.5. The number of rotatable bonds is 7. The van der Waals surface area contributed by atoms with E-state index in [1.807, 2.05) is 0 Å². The predicted molar refractivity (Wildman–Crippen MR) is 109 cm³/mol. The molecule has 3 N–H and O–H groups in total. The number of sulfonamides is 1. The fourth-order valence-electron chi connectivity index (χ4n) is 2.60. The summed E-state index contributed by atoms with van der Waals surface area (Å²) in [5.41, 5.74) is 5.23. The van der Waals surface area contributed by atoms with Gasteiger partial charge in [-0.25, -0.2) is 12.8 Å². The molecule has 7 nitrogen and oxygen atoms in total. The molecule has 0 atom stereocenters. The number of amides is 2. The summed E-state index contributed by atoms with van der Waals surface area (Å²) in [6, 6.07) is 14.2. The Morgan fingerprint density at radius 2 is 1.72 bits per heavy atom. The van der Waals surface area contributed by atoms with Crippen LogP contribution in [0, 0.1) is 5.82 Å². The molecule has 3 aromatic rings. The second kappa shape index (κ2) is 8.41. The standard InChI is InChI=1S/C19H16FN3O4S2/c20-14-7-2-4-9-16(14)23(29(26,27)18-10-5-11-28-18)12-17(24)22-15-8-3-1-6-13(15)19(21)25/h1-11H,12H2,(H2,21,25)(H,22,24). The van der Waals surface area contributed by atoms with Crippen LogP contribution in [0.25, 0.3) is 0 Å². The molecule has 0 bridgehead atoms. The summed E-state index contributed by atoms with van der Waals surface area (Å²) in [5.74, 6) is -2.31. The molecule has 0 radical (unpaired) electrons. The number of anilines is 2. The maximum Gasteiger partial charge on any atom is 0.274 e. The van der Waals surface area contributed by atoms with Crippen LogP contribution in [0.3, 0.4) is 0 Å². The second-order valence-electron chi connectivity index (χ2n) is 5.85. The summed E-state index contributed by atoms with van der Waals surface area (Å²) in [7, 11) is -4.19. The zero-order chi connectivity index (χ0) is 21.0. The summed E-state index contributed by atoms with van der Waals surface area (Å²) in [6.45, 7) is -0.700. The molecule has 0 aliphatic heterocycles. The van der Waals surface area contributed by atoms with Gasteiger partial charge < -0.3 is 11.1 Å². The van der Waals surface area contributed by atoms with E-state index in [9.17, 15) is 22.4 Å². The molecule has 0 aliphatic rings. The monoisotopic (exact) mass is 433 g/mol. The molecule has 29 heavy (non-hydrogen) atoms. The number of para-hydroxylation sites is 2. The van der Waals surface area contributed by atoms with E-state index in [0.29, 0.717) is 4.31 Å². The lowest BCUT2D eigenvalue weighted by atomic mass is 10.1. The van der Waals surface area contributed by atoms with Gasteiger partial charge in [-0.3, -0.25) is 13.9 Å². The Hall–Kier alpha value is -3.24. The van der Waals surface area contributed by atoms with Crippen molar-refractivity contribution in [3.8, 4) is 0 Å². The van der Waals surface area contributed by atoms with Gasteiger partial charge in [0.15, 0.2) is 0 Å². The fraction of sp³-hybridized carbons (Fsp3) is 0.0526. The molecule has 0 unspecified atom stereocenters. The van der Waals surface area contributed by atoms with Crippen molar-refractivity contribution in [1.29, 1.82) is 0 Å². The highest BCUT2D eigenvalue weighted by atomic mass is 32.2. The van der Waals surface area contributed by atoms with E-state index in [0.717, 1.165) is 17.4 Å². The molecule has 10 heteroatoms. The van der Waals surface area contributed by atoms with Gasteiger partial charge in [-0.05, 0) is 35.7 Å². The van der Waals surface area contributed by atoms with E-state index in [1.165, 1.54) is 36.4 Å². The van der Waals surface area contributed by atoms with Crippen molar-refractivity contribution in [2.75, 3.05) is 16.2 Å². The van der Waals surface area contributed by atoms with Crippen molar-refractivity contribution in [2.24, 2.45) is 5.73 Å². The number of primary amides is 1. The highest BCUT2D eigenvalue weighted by Gasteiger charge is 2.30. The zero-order valence-electron chi connectivity index (χ0n) is 14.9. The van der Waals surface area contributed by atoms with Crippen molar-refractivity contribution in [3.63, 3.8) is 0 Å². The normalized spacial score (nSPS) is 11.1. The van der Waals surface area contributed by atoms with Crippen molar-refractivity contribution < 1.29 is 22.4 Å². The number of carbonyl (C=O) groups excluding carboxylic acids is 2. The quantitative estimate of drug-likeness (QED) is 0.597. The maximum atomic E-state index is 14.4. The Labute approximate surface area is 170 Å². The number of benzene rings is 2. The molecule has 1 aromatic heterocycles. The molecule has 0 aliphatic carbocycles. The average molecular weight is 433 g/mol. The van der Waals surface area contributed by atoms with Crippen LogP contribution in [0.5, 0.6) is 0 Å². The van der Waals surface area contributed by atoms with Crippen LogP contribution in [0.4, 0.5) is 15.8 Å². The molecule has 2 amide bonds. The van der Waals surface area contributed by atoms with Gasteiger partial charge in [0.25, 0.3) is 15.9 Å². The molecular formula is C19H16FN3O4S2. The van der Waals surface area contributed by atoms with Crippen molar-refractivity contribution >= 4 is 44.5 Å². The van der Waals surface area contributed by atoms with Gasteiger partial charge in [-0.15, -0.1) is 11.3 Å². The molecule has 1 heterocycles. The van der Waals surface area contributed by atoms with Crippen molar-refractivity contribution in [2.45, 2.75) is 4.21 Å². The average Bonchev–Trinajstić information content (AvgIpc) is 3.23. The smallest absolute Gasteiger partial charge is 0.274 e. The molecule has 0 spiro atoms. The first kappa shape index (κ1) is 20.5. The van der Waals surface area contributed by atoms with Gasteiger partial charge in [0.1, 0.15) is 16.6 Å². The van der Waals surface area contributed by atoms with E-state index in [-0.39, 0.29) is 21.1 Å². The third-order valence-corrected chi connectivity index (χ3v) is 7.05. The minimum absolute atomic E-state index is 0.0360. The molecule has 0 fully saturated rings. The van der Waals surface area contributed by atoms with Gasteiger partial charge in [0, 0.05) is 0 Å². The summed E-state index contributed by atoms with van der Waals surface area (Å²) in [6.07, 6.45) is 0. The second-order valence-corrected chi connectivity index (χ2v) is 8.89.